The first-order valence-electron chi connectivity index (χ1n) is 4.07. The summed E-state index contributed by atoms with van der Waals surface area (Å²) in [5.74, 6) is 0. The number of rotatable bonds is 3. The van der Waals surface area contributed by atoms with Gasteiger partial charge in [0.25, 0.3) is 0 Å². The summed E-state index contributed by atoms with van der Waals surface area (Å²) in [6, 6.07) is 0. The van der Waals surface area contributed by atoms with Gasteiger partial charge in [-0.3, -0.25) is 0 Å². The van der Waals surface area contributed by atoms with Crippen molar-refractivity contribution in [1.29, 1.82) is 0 Å². The van der Waals surface area contributed by atoms with E-state index in [4.69, 9.17) is 4.74 Å². The molecule has 0 radical (unpaired) electrons. The van der Waals surface area contributed by atoms with E-state index in [2.05, 4.69) is 47.2 Å². The SMILES string of the molecule is CC(C)(S)CCOC(C)(C)C. The Balaban J connectivity index is 3.44. The molecule has 11 heavy (non-hydrogen) atoms. The van der Waals surface area contributed by atoms with Crippen LogP contribution in [-0.2, 0) is 4.74 Å². The van der Waals surface area contributed by atoms with E-state index >= 15 is 0 Å². The lowest BCUT2D eigenvalue weighted by Crippen LogP contribution is -2.23. The quantitative estimate of drug-likeness (QED) is 0.651. The molecule has 0 heterocycles. The fraction of sp³-hybridized carbons (Fsp3) is 1.00. The molecule has 0 spiro atoms. The van der Waals surface area contributed by atoms with Crippen molar-refractivity contribution in [2.45, 2.75) is 51.4 Å². The van der Waals surface area contributed by atoms with E-state index in [1.54, 1.807) is 0 Å². The highest BCUT2D eigenvalue weighted by Crippen LogP contribution is 2.18. The predicted molar refractivity (Wildman–Crippen MR) is 53.4 cm³/mol. The molecule has 0 unspecified atom stereocenters. The Kier molecular flexibility index (Phi) is 3.92. The largest absolute Gasteiger partial charge is 0.376 e. The highest BCUT2D eigenvalue weighted by molar-refractivity contribution is 7.81. The van der Waals surface area contributed by atoms with Crippen LogP contribution in [0.4, 0.5) is 0 Å². The molecule has 0 fully saturated rings. The first-order valence-corrected chi connectivity index (χ1v) is 4.52. The third-order valence-electron chi connectivity index (χ3n) is 1.25. The number of thiol groups is 1. The van der Waals surface area contributed by atoms with Crippen molar-refractivity contribution >= 4 is 12.6 Å². The van der Waals surface area contributed by atoms with E-state index < -0.39 is 0 Å². The lowest BCUT2D eigenvalue weighted by atomic mass is 10.1. The highest BCUT2D eigenvalue weighted by Gasteiger charge is 2.14. The Hall–Kier alpha value is 0.310. The average molecular weight is 176 g/mol. The smallest absolute Gasteiger partial charge is 0.0598 e. The maximum Gasteiger partial charge on any atom is 0.0598 e. The van der Waals surface area contributed by atoms with Gasteiger partial charge in [0.05, 0.1) is 5.60 Å². The molecule has 0 N–H and O–H groups in total. The molecule has 0 aromatic carbocycles. The molecule has 0 atom stereocenters. The van der Waals surface area contributed by atoms with Crippen LogP contribution in [0.5, 0.6) is 0 Å². The molecule has 0 saturated heterocycles. The van der Waals surface area contributed by atoms with Gasteiger partial charge >= 0.3 is 0 Å². The van der Waals surface area contributed by atoms with E-state index in [1.807, 2.05) is 0 Å². The van der Waals surface area contributed by atoms with Crippen LogP contribution in [0, 0.1) is 0 Å². The molecule has 2 heteroatoms. The van der Waals surface area contributed by atoms with Gasteiger partial charge in [0.2, 0.25) is 0 Å². The zero-order chi connectivity index (χ0) is 9.12. The van der Waals surface area contributed by atoms with Crippen molar-refractivity contribution in [3.8, 4) is 0 Å². The van der Waals surface area contributed by atoms with Gasteiger partial charge in [0, 0.05) is 11.4 Å². The van der Waals surface area contributed by atoms with E-state index in [9.17, 15) is 0 Å². The minimum absolute atomic E-state index is 0.0149. The lowest BCUT2D eigenvalue weighted by Gasteiger charge is -2.23. The molecule has 1 nitrogen and oxygen atoms in total. The third kappa shape index (κ3) is 10.3. The van der Waals surface area contributed by atoms with Gasteiger partial charge in [0.15, 0.2) is 0 Å². The van der Waals surface area contributed by atoms with E-state index in [1.165, 1.54) is 0 Å². The van der Waals surface area contributed by atoms with Crippen molar-refractivity contribution in [2.24, 2.45) is 0 Å². The Labute approximate surface area is 75.9 Å². The van der Waals surface area contributed by atoms with Crippen LogP contribution in [0.15, 0.2) is 0 Å². The van der Waals surface area contributed by atoms with E-state index in [-0.39, 0.29) is 10.3 Å². The summed E-state index contributed by atoms with van der Waals surface area (Å²) in [5.41, 5.74) is -0.0149. The molecule has 68 valence electrons. The van der Waals surface area contributed by atoms with Crippen molar-refractivity contribution in [3.05, 3.63) is 0 Å². The molecule has 0 amide bonds. The third-order valence-corrected chi connectivity index (χ3v) is 1.47. The van der Waals surface area contributed by atoms with Crippen LogP contribution in [0.3, 0.4) is 0 Å². The predicted octanol–water partition coefficient (Wildman–Crippen LogP) is 2.90. The molecule has 0 rings (SSSR count). The second-order valence-electron chi connectivity index (χ2n) is 4.52. The molecule has 0 saturated carbocycles. The minimum atomic E-state index is -0.0149. The number of hydrogen-bond acceptors (Lipinski definition) is 2. The van der Waals surface area contributed by atoms with Crippen LogP contribution in [0.1, 0.15) is 41.0 Å². The summed E-state index contributed by atoms with van der Waals surface area (Å²) in [5, 5.41) is 0. The zero-order valence-corrected chi connectivity index (χ0v) is 9.16. The van der Waals surface area contributed by atoms with Crippen molar-refractivity contribution in [1.82, 2.24) is 0 Å². The van der Waals surface area contributed by atoms with E-state index in [0.29, 0.717) is 0 Å². The van der Waals surface area contributed by atoms with Gasteiger partial charge in [-0.05, 0) is 27.2 Å². The van der Waals surface area contributed by atoms with Crippen LogP contribution in [-0.4, -0.2) is 17.0 Å². The maximum atomic E-state index is 5.56. The molecular weight excluding hydrogens is 156 g/mol. The van der Waals surface area contributed by atoms with Crippen molar-refractivity contribution in [3.63, 3.8) is 0 Å². The Morgan fingerprint density at radius 1 is 1.09 bits per heavy atom. The summed E-state index contributed by atoms with van der Waals surface area (Å²) in [6.45, 7) is 11.2. The van der Waals surface area contributed by atoms with Gasteiger partial charge in [-0.2, -0.15) is 12.6 Å². The van der Waals surface area contributed by atoms with Gasteiger partial charge in [-0.1, -0.05) is 13.8 Å². The second kappa shape index (κ2) is 3.81. The monoisotopic (exact) mass is 176 g/mol. The molecule has 0 aliphatic carbocycles. The summed E-state index contributed by atoms with van der Waals surface area (Å²) in [7, 11) is 0. The molecule has 0 aromatic heterocycles. The topological polar surface area (TPSA) is 9.23 Å². The lowest BCUT2D eigenvalue weighted by molar-refractivity contribution is -0.00616. The molecule has 0 aliphatic rings. The zero-order valence-electron chi connectivity index (χ0n) is 8.27. The number of hydrogen-bond donors (Lipinski definition) is 1. The molecular formula is C9H20OS. The Morgan fingerprint density at radius 2 is 1.55 bits per heavy atom. The fourth-order valence-electron chi connectivity index (χ4n) is 0.607. The van der Waals surface area contributed by atoms with Gasteiger partial charge in [0.1, 0.15) is 0 Å². The van der Waals surface area contributed by atoms with Crippen LogP contribution >= 0.6 is 12.6 Å². The molecule has 0 aromatic rings. The van der Waals surface area contributed by atoms with Crippen LogP contribution in [0.2, 0.25) is 0 Å². The van der Waals surface area contributed by atoms with E-state index in [0.717, 1.165) is 13.0 Å². The first kappa shape index (κ1) is 11.3. The summed E-state index contributed by atoms with van der Waals surface area (Å²) in [6.07, 6.45) is 0.993. The number of ether oxygens (including phenoxy) is 1. The Morgan fingerprint density at radius 3 is 1.82 bits per heavy atom. The normalized spacial score (nSPS) is 13.6. The van der Waals surface area contributed by atoms with Crippen LogP contribution < -0.4 is 0 Å². The fourth-order valence-corrected chi connectivity index (χ4v) is 0.698. The Bertz CT molecular complexity index is 93.7. The van der Waals surface area contributed by atoms with Crippen LogP contribution in [0.25, 0.3) is 0 Å². The summed E-state index contributed by atoms with van der Waals surface area (Å²) in [4.78, 5) is 0. The van der Waals surface area contributed by atoms with Gasteiger partial charge in [-0.25, -0.2) is 0 Å². The van der Waals surface area contributed by atoms with Crippen molar-refractivity contribution < 1.29 is 4.74 Å². The van der Waals surface area contributed by atoms with Crippen molar-refractivity contribution in [2.75, 3.05) is 6.61 Å². The van der Waals surface area contributed by atoms with Gasteiger partial charge < -0.3 is 4.74 Å². The second-order valence-corrected chi connectivity index (χ2v) is 5.73. The highest BCUT2D eigenvalue weighted by atomic mass is 32.1. The summed E-state index contributed by atoms with van der Waals surface area (Å²) < 4.78 is 5.64. The van der Waals surface area contributed by atoms with Gasteiger partial charge in [-0.15, -0.1) is 0 Å². The summed E-state index contributed by atoms with van der Waals surface area (Å²) >= 11 is 4.40. The standard InChI is InChI=1S/C9H20OS/c1-8(2,3)10-7-6-9(4,5)11/h11H,6-7H2,1-5H3. The average Bonchev–Trinajstić information content (AvgIpc) is 1.55. The first-order chi connectivity index (χ1) is 4.71. The minimum Gasteiger partial charge on any atom is -0.376 e. The molecule has 0 bridgehead atoms. The molecule has 0 aliphatic heterocycles. The maximum absolute atomic E-state index is 5.56.